The summed E-state index contributed by atoms with van der Waals surface area (Å²) < 4.78 is 27.3. The first-order valence-corrected chi connectivity index (χ1v) is 13.2. The van der Waals surface area contributed by atoms with Crippen molar-refractivity contribution < 1.29 is 33.3 Å². The van der Waals surface area contributed by atoms with Crippen LogP contribution >= 0.6 is 0 Å². The minimum atomic E-state index is -0.563. The van der Waals surface area contributed by atoms with E-state index in [4.69, 9.17) is 23.7 Å². The Morgan fingerprint density at radius 3 is 2.19 bits per heavy atom. The number of carbonyl (C=O) groups excluding carboxylic acids is 2. The smallest absolute Gasteiger partial charge is 0.343 e. The largest absolute Gasteiger partial charge is 0.497 e. The van der Waals surface area contributed by atoms with Gasteiger partial charge in [-0.1, -0.05) is 36.4 Å². The number of aromatic amines is 1. The number of carbonyl (C=O) groups is 2. The summed E-state index contributed by atoms with van der Waals surface area (Å²) >= 11 is 0. The number of ether oxygens (including phenoxy) is 5. The third kappa shape index (κ3) is 5.98. The van der Waals surface area contributed by atoms with Crippen molar-refractivity contribution in [1.82, 2.24) is 10.4 Å². The molecular weight excluding hydrogens is 550 g/mol. The van der Waals surface area contributed by atoms with Crippen molar-refractivity contribution in [1.29, 1.82) is 0 Å². The lowest BCUT2D eigenvalue weighted by molar-refractivity contribution is 0.0729. The Kier molecular flexibility index (Phi) is 8.57. The van der Waals surface area contributed by atoms with Crippen molar-refractivity contribution in [3.05, 3.63) is 102 Å². The van der Waals surface area contributed by atoms with Crippen molar-refractivity contribution in [2.45, 2.75) is 0 Å². The summed E-state index contributed by atoms with van der Waals surface area (Å²) in [5, 5.41) is 4.87. The number of aromatic nitrogens is 1. The Balaban J connectivity index is 1.39. The second-order valence-corrected chi connectivity index (χ2v) is 9.19. The Bertz CT molecular complexity index is 1810. The average Bonchev–Trinajstić information content (AvgIpc) is 3.46. The molecule has 10 nitrogen and oxygen atoms in total. The van der Waals surface area contributed by atoms with Crippen molar-refractivity contribution >= 4 is 29.0 Å². The van der Waals surface area contributed by atoms with Gasteiger partial charge in [-0.15, -0.1) is 0 Å². The highest BCUT2D eigenvalue weighted by Gasteiger charge is 2.24. The number of hydrazone groups is 1. The number of rotatable bonds is 10. The lowest BCUT2D eigenvalue weighted by Gasteiger charge is -2.10. The van der Waals surface area contributed by atoms with Crippen LogP contribution in [0.1, 0.15) is 26.4 Å². The molecule has 0 aliphatic carbocycles. The molecule has 218 valence electrons. The fraction of sp³-hybridized carbons (Fsp3) is 0.121. The molecule has 0 spiro atoms. The van der Waals surface area contributed by atoms with Gasteiger partial charge < -0.3 is 28.7 Å². The Labute approximate surface area is 247 Å². The number of hydrogen-bond donors (Lipinski definition) is 2. The lowest BCUT2D eigenvalue weighted by Crippen LogP contribution is -2.19. The van der Waals surface area contributed by atoms with Crippen LogP contribution in [0.5, 0.6) is 28.7 Å². The van der Waals surface area contributed by atoms with E-state index in [0.717, 1.165) is 5.56 Å². The third-order valence-corrected chi connectivity index (χ3v) is 6.68. The van der Waals surface area contributed by atoms with Crippen molar-refractivity contribution in [2.75, 3.05) is 28.4 Å². The minimum absolute atomic E-state index is 0.227. The molecule has 0 aliphatic rings. The topological polar surface area (TPSA) is 120 Å². The summed E-state index contributed by atoms with van der Waals surface area (Å²) in [4.78, 5) is 29.3. The fourth-order valence-electron chi connectivity index (χ4n) is 4.63. The molecule has 0 radical (unpaired) electrons. The van der Waals surface area contributed by atoms with E-state index in [9.17, 15) is 9.59 Å². The first kappa shape index (κ1) is 28.7. The standard InChI is InChI=1S/C33H29N3O7/c1-39-23-12-8-11-22(18-23)33(38)43-24-14-13-20(17-27(24)42-4)19-34-36-32(37)31-28(21-9-6-5-7-10-21)29-25(40-2)15-16-26(41-3)30(29)35-31/h5-19,35H,1-4H3,(H,36,37). The van der Waals surface area contributed by atoms with Gasteiger partial charge in [0.1, 0.15) is 22.9 Å². The van der Waals surface area contributed by atoms with E-state index in [1.807, 2.05) is 30.3 Å². The molecule has 0 saturated heterocycles. The molecule has 4 aromatic carbocycles. The van der Waals surface area contributed by atoms with Crippen LogP contribution in [0.25, 0.3) is 22.0 Å². The number of nitrogens with zero attached hydrogens (tertiary/aromatic N) is 1. The maximum atomic E-state index is 13.4. The molecule has 0 aliphatic heterocycles. The number of fused-ring (bicyclic) bond motifs is 1. The predicted octanol–water partition coefficient (Wildman–Crippen LogP) is 5.85. The molecule has 1 amide bonds. The van der Waals surface area contributed by atoms with Gasteiger partial charge in [0, 0.05) is 5.56 Å². The molecule has 5 rings (SSSR count). The average molecular weight is 580 g/mol. The zero-order valence-corrected chi connectivity index (χ0v) is 24.0. The number of esters is 1. The number of methoxy groups -OCH3 is 4. The van der Waals surface area contributed by atoms with E-state index in [2.05, 4.69) is 15.5 Å². The van der Waals surface area contributed by atoms with Gasteiger partial charge >= 0.3 is 5.97 Å². The van der Waals surface area contributed by atoms with Gasteiger partial charge in [-0.05, 0) is 59.7 Å². The molecule has 10 heteroatoms. The molecule has 1 aromatic heterocycles. The van der Waals surface area contributed by atoms with E-state index in [0.29, 0.717) is 56.3 Å². The third-order valence-electron chi connectivity index (χ3n) is 6.68. The summed E-state index contributed by atoms with van der Waals surface area (Å²) in [7, 11) is 6.12. The van der Waals surface area contributed by atoms with Gasteiger partial charge in [0.25, 0.3) is 5.91 Å². The van der Waals surface area contributed by atoms with E-state index in [1.54, 1.807) is 68.8 Å². The second-order valence-electron chi connectivity index (χ2n) is 9.19. The first-order valence-electron chi connectivity index (χ1n) is 13.2. The Hall–Kier alpha value is -5.77. The van der Waals surface area contributed by atoms with Gasteiger partial charge in [0.05, 0.1) is 51.1 Å². The predicted molar refractivity (Wildman–Crippen MR) is 163 cm³/mol. The van der Waals surface area contributed by atoms with Crippen LogP contribution in [0.4, 0.5) is 0 Å². The summed E-state index contributed by atoms with van der Waals surface area (Å²) in [6.07, 6.45) is 1.46. The normalized spacial score (nSPS) is 10.9. The number of hydrogen-bond acceptors (Lipinski definition) is 8. The molecule has 0 saturated carbocycles. The summed E-state index contributed by atoms with van der Waals surface area (Å²) in [5.74, 6) is 1.20. The Morgan fingerprint density at radius 1 is 0.744 bits per heavy atom. The van der Waals surface area contributed by atoms with Crippen LogP contribution in [0.15, 0.2) is 90.0 Å². The highest BCUT2D eigenvalue weighted by atomic mass is 16.6. The number of benzene rings is 4. The van der Waals surface area contributed by atoms with Crippen LogP contribution in [-0.2, 0) is 0 Å². The molecule has 5 aromatic rings. The zero-order chi connectivity index (χ0) is 30.3. The van der Waals surface area contributed by atoms with Crippen LogP contribution < -0.4 is 29.1 Å². The van der Waals surface area contributed by atoms with E-state index < -0.39 is 11.9 Å². The van der Waals surface area contributed by atoms with Gasteiger partial charge in [0.2, 0.25) is 0 Å². The van der Waals surface area contributed by atoms with Gasteiger partial charge in [-0.25, -0.2) is 10.2 Å². The van der Waals surface area contributed by atoms with Gasteiger partial charge in [-0.3, -0.25) is 4.79 Å². The summed E-state index contributed by atoms with van der Waals surface area (Å²) in [5.41, 5.74) is 5.91. The number of nitrogens with one attached hydrogen (secondary N) is 2. The number of H-pyrrole nitrogens is 1. The monoisotopic (exact) mass is 579 g/mol. The zero-order valence-electron chi connectivity index (χ0n) is 24.0. The molecule has 43 heavy (non-hydrogen) atoms. The highest BCUT2D eigenvalue weighted by Crippen LogP contribution is 2.42. The maximum absolute atomic E-state index is 13.4. The van der Waals surface area contributed by atoms with E-state index in [1.165, 1.54) is 20.4 Å². The lowest BCUT2D eigenvalue weighted by atomic mass is 10.0. The molecule has 1 heterocycles. The minimum Gasteiger partial charge on any atom is -0.497 e. The highest BCUT2D eigenvalue weighted by molar-refractivity contribution is 6.13. The molecule has 0 fully saturated rings. The summed E-state index contributed by atoms with van der Waals surface area (Å²) in [6, 6.07) is 24.6. The quantitative estimate of drug-likeness (QED) is 0.0921. The molecule has 2 N–H and O–H groups in total. The van der Waals surface area contributed by atoms with Crippen molar-refractivity contribution in [3.63, 3.8) is 0 Å². The van der Waals surface area contributed by atoms with Crippen LogP contribution in [-0.4, -0.2) is 51.5 Å². The van der Waals surface area contributed by atoms with Crippen molar-refractivity contribution in [2.24, 2.45) is 5.10 Å². The number of amides is 1. The van der Waals surface area contributed by atoms with Gasteiger partial charge in [0.15, 0.2) is 11.5 Å². The first-order chi connectivity index (χ1) is 21.0. The second kappa shape index (κ2) is 12.8. The maximum Gasteiger partial charge on any atom is 0.343 e. The Morgan fingerprint density at radius 2 is 1.47 bits per heavy atom. The van der Waals surface area contributed by atoms with Crippen LogP contribution in [0.2, 0.25) is 0 Å². The molecule has 0 atom stereocenters. The molecule has 0 bridgehead atoms. The SMILES string of the molecule is COc1cccc(C(=O)Oc2ccc(C=NNC(=O)c3[nH]c4c(OC)ccc(OC)c4c3-c3ccccc3)cc2OC)c1. The summed E-state index contributed by atoms with van der Waals surface area (Å²) in [6.45, 7) is 0. The molecule has 0 unspecified atom stereocenters. The van der Waals surface area contributed by atoms with E-state index >= 15 is 0 Å². The van der Waals surface area contributed by atoms with Crippen LogP contribution in [0, 0.1) is 0 Å². The van der Waals surface area contributed by atoms with E-state index in [-0.39, 0.29) is 5.75 Å². The molecular formula is C33H29N3O7. The van der Waals surface area contributed by atoms with Crippen molar-refractivity contribution in [3.8, 4) is 39.9 Å². The van der Waals surface area contributed by atoms with Gasteiger partial charge in [-0.2, -0.15) is 5.10 Å². The fourth-order valence-corrected chi connectivity index (χ4v) is 4.63. The van der Waals surface area contributed by atoms with Crippen LogP contribution in [0.3, 0.4) is 0 Å².